The Kier molecular flexibility index (Phi) is 8.89. The first-order valence-electron chi connectivity index (χ1n) is 12.0. The fraction of sp³-hybridized carbons (Fsp3) is 0.500. The third kappa shape index (κ3) is 5.60. The van der Waals surface area contributed by atoms with Gasteiger partial charge in [-0.1, -0.05) is 87.5 Å². The topological polar surface area (TPSA) is 27.7 Å². The molecule has 0 N–H and O–H groups in total. The summed E-state index contributed by atoms with van der Waals surface area (Å²) in [5, 5.41) is 2.60. The lowest BCUT2D eigenvalue weighted by Gasteiger charge is -2.44. The second-order valence-corrected chi connectivity index (χ2v) is 14.1. The van der Waals surface area contributed by atoms with E-state index in [9.17, 15) is 0 Å². The van der Waals surface area contributed by atoms with Crippen LogP contribution in [-0.4, -0.2) is 40.3 Å². The highest BCUT2D eigenvalue weighted by atomic mass is 28.4. The van der Waals surface area contributed by atoms with E-state index in [0.29, 0.717) is 6.61 Å². The predicted molar refractivity (Wildman–Crippen MR) is 136 cm³/mol. The molecule has 4 heteroatoms. The van der Waals surface area contributed by atoms with Crippen LogP contribution in [0.2, 0.25) is 5.04 Å². The fourth-order valence-corrected chi connectivity index (χ4v) is 9.62. The van der Waals surface area contributed by atoms with Crippen LogP contribution < -0.4 is 10.4 Å². The molecule has 2 aromatic carbocycles. The van der Waals surface area contributed by atoms with E-state index in [2.05, 4.69) is 88.0 Å². The van der Waals surface area contributed by atoms with E-state index >= 15 is 0 Å². The average molecular weight is 453 g/mol. The van der Waals surface area contributed by atoms with Crippen molar-refractivity contribution in [3.8, 4) is 0 Å². The second-order valence-electron chi connectivity index (χ2n) is 9.84. The highest BCUT2D eigenvalue weighted by Crippen LogP contribution is 2.37. The Hall–Kier alpha value is -1.72. The zero-order valence-electron chi connectivity index (χ0n) is 20.3. The van der Waals surface area contributed by atoms with Crippen LogP contribution in [0.3, 0.4) is 0 Å². The summed E-state index contributed by atoms with van der Waals surface area (Å²) in [5.41, 5.74) is 0. The van der Waals surface area contributed by atoms with Crippen LogP contribution in [0.4, 0.5) is 0 Å². The molecule has 3 nitrogen and oxygen atoms in total. The molecule has 1 fully saturated rings. The van der Waals surface area contributed by atoms with E-state index in [4.69, 9.17) is 13.9 Å². The number of hydrogen-bond acceptors (Lipinski definition) is 3. The predicted octanol–water partition coefficient (Wildman–Crippen LogP) is 5.48. The molecule has 0 bridgehead atoms. The van der Waals surface area contributed by atoms with Crippen LogP contribution in [0.25, 0.3) is 0 Å². The van der Waals surface area contributed by atoms with Crippen molar-refractivity contribution >= 4 is 18.7 Å². The summed E-state index contributed by atoms with van der Waals surface area (Å²) in [5.74, 6) is 0. The Balaban J connectivity index is 1.85. The van der Waals surface area contributed by atoms with Crippen molar-refractivity contribution in [2.24, 2.45) is 0 Å². The summed E-state index contributed by atoms with van der Waals surface area (Å²) in [4.78, 5) is 0. The van der Waals surface area contributed by atoms with Gasteiger partial charge >= 0.3 is 0 Å². The van der Waals surface area contributed by atoms with Crippen molar-refractivity contribution in [3.05, 3.63) is 73.3 Å². The molecule has 1 saturated heterocycles. The van der Waals surface area contributed by atoms with Gasteiger partial charge in [0.2, 0.25) is 0 Å². The molecule has 1 heterocycles. The Morgan fingerprint density at radius 1 is 1.00 bits per heavy atom. The summed E-state index contributed by atoms with van der Waals surface area (Å²) in [6, 6.07) is 21.7. The van der Waals surface area contributed by atoms with E-state index in [1.165, 1.54) is 10.4 Å². The maximum absolute atomic E-state index is 7.11. The van der Waals surface area contributed by atoms with Crippen molar-refractivity contribution in [3.63, 3.8) is 0 Å². The highest BCUT2D eigenvalue weighted by molar-refractivity contribution is 6.99. The van der Waals surface area contributed by atoms with Crippen LogP contribution in [0.1, 0.15) is 52.9 Å². The van der Waals surface area contributed by atoms with Gasteiger partial charge in [-0.25, -0.2) is 0 Å². The number of unbranched alkanes of at least 4 members (excludes halogenated alkanes) is 1. The van der Waals surface area contributed by atoms with Crippen molar-refractivity contribution in [1.29, 1.82) is 0 Å². The van der Waals surface area contributed by atoms with Gasteiger partial charge in [0, 0.05) is 7.11 Å². The van der Waals surface area contributed by atoms with E-state index in [-0.39, 0.29) is 23.4 Å². The molecule has 2 aromatic rings. The van der Waals surface area contributed by atoms with Crippen molar-refractivity contribution < 1.29 is 13.9 Å². The van der Waals surface area contributed by atoms with E-state index in [1.807, 2.05) is 6.08 Å². The molecule has 1 aliphatic rings. The molecule has 1 aliphatic heterocycles. The molecule has 3 rings (SSSR count). The van der Waals surface area contributed by atoms with Gasteiger partial charge in [0.25, 0.3) is 8.32 Å². The molecule has 0 radical (unpaired) electrons. The monoisotopic (exact) mass is 452 g/mol. The van der Waals surface area contributed by atoms with E-state index in [0.717, 1.165) is 32.1 Å². The molecule has 32 heavy (non-hydrogen) atoms. The van der Waals surface area contributed by atoms with Crippen molar-refractivity contribution in [2.45, 2.75) is 76.2 Å². The number of methoxy groups -OCH3 is 1. The number of allylic oxidation sites excluding steroid dienone is 1. The Labute approximate surface area is 195 Å². The van der Waals surface area contributed by atoms with Gasteiger partial charge in [0.1, 0.15) is 0 Å². The third-order valence-electron chi connectivity index (χ3n) is 6.66. The molecule has 0 spiro atoms. The number of ether oxygens (including phenoxy) is 2. The normalized spacial score (nSPS) is 21.9. The van der Waals surface area contributed by atoms with Crippen molar-refractivity contribution in [2.75, 3.05) is 13.7 Å². The summed E-state index contributed by atoms with van der Waals surface area (Å²) >= 11 is 0. The van der Waals surface area contributed by atoms with Crippen LogP contribution in [0.5, 0.6) is 0 Å². The van der Waals surface area contributed by atoms with Crippen LogP contribution in [0, 0.1) is 0 Å². The molecule has 0 aromatic heterocycles. The lowest BCUT2D eigenvalue weighted by Crippen LogP contribution is -2.67. The largest absolute Gasteiger partial charge is 0.405 e. The SMILES string of the molecule is C=CCCC[C@@H]1O[C@H](CO[Si](c2ccccc2)(c2ccccc2)C(C)(C)C)CC[C@H]1OC. The zero-order valence-corrected chi connectivity index (χ0v) is 21.3. The third-order valence-corrected chi connectivity index (χ3v) is 11.7. The van der Waals surface area contributed by atoms with Gasteiger partial charge in [-0.3, -0.25) is 0 Å². The standard InChI is InChI=1S/C28H40O3Si/c1-6-7-10-19-27-26(29-5)21-20-23(31-27)22-30-32(28(2,3)4,24-15-11-8-12-16-24)25-17-13-9-14-18-25/h6,8-9,11-18,23,26-27H,1,7,10,19-22H2,2-5H3/t23-,26+,27-/m0/s1. The number of rotatable bonds is 10. The van der Waals surface area contributed by atoms with E-state index in [1.54, 1.807) is 7.11 Å². The maximum atomic E-state index is 7.11. The Morgan fingerprint density at radius 3 is 2.09 bits per heavy atom. The molecular weight excluding hydrogens is 412 g/mol. The van der Waals surface area contributed by atoms with Gasteiger partial charge < -0.3 is 13.9 Å². The zero-order chi connectivity index (χ0) is 23.0. The number of hydrogen-bond donors (Lipinski definition) is 0. The van der Waals surface area contributed by atoms with Gasteiger partial charge in [-0.05, 0) is 47.5 Å². The van der Waals surface area contributed by atoms with Gasteiger partial charge in [-0.15, -0.1) is 6.58 Å². The van der Waals surface area contributed by atoms with E-state index < -0.39 is 8.32 Å². The first-order valence-corrected chi connectivity index (χ1v) is 13.9. The minimum absolute atomic E-state index is 0.0250. The molecule has 3 atom stereocenters. The fourth-order valence-electron chi connectivity index (χ4n) is 5.03. The second kappa shape index (κ2) is 11.4. The van der Waals surface area contributed by atoms with Gasteiger partial charge in [0.05, 0.1) is 24.9 Å². The maximum Gasteiger partial charge on any atom is 0.261 e. The Morgan fingerprint density at radius 2 is 1.59 bits per heavy atom. The first-order chi connectivity index (χ1) is 15.4. The Bertz CT molecular complexity index is 776. The van der Waals surface area contributed by atoms with Gasteiger partial charge in [-0.2, -0.15) is 0 Å². The smallest absolute Gasteiger partial charge is 0.261 e. The first kappa shape index (κ1) is 24.9. The quantitative estimate of drug-likeness (QED) is 0.271. The summed E-state index contributed by atoms with van der Waals surface area (Å²) < 4.78 is 19.4. The molecule has 0 saturated carbocycles. The average Bonchev–Trinajstić information content (AvgIpc) is 2.80. The van der Waals surface area contributed by atoms with Crippen LogP contribution >= 0.6 is 0 Å². The molecular formula is C28H40O3Si. The highest BCUT2D eigenvalue weighted by Gasteiger charge is 2.50. The number of benzene rings is 2. The minimum atomic E-state index is -2.54. The lowest BCUT2D eigenvalue weighted by atomic mass is 9.97. The summed E-state index contributed by atoms with van der Waals surface area (Å²) in [6.45, 7) is 11.4. The lowest BCUT2D eigenvalue weighted by molar-refractivity contribution is -0.141. The van der Waals surface area contributed by atoms with Crippen molar-refractivity contribution in [1.82, 2.24) is 0 Å². The molecule has 0 amide bonds. The van der Waals surface area contributed by atoms with Gasteiger partial charge in [0.15, 0.2) is 0 Å². The molecule has 174 valence electrons. The van der Waals surface area contributed by atoms with Crippen LogP contribution in [-0.2, 0) is 13.9 Å². The van der Waals surface area contributed by atoms with Crippen LogP contribution in [0.15, 0.2) is 73.3 Å². The summed E-state index contributed by atoms with van der Waals surface area (Å²) in [6.07, 6.45) is 7.45. The minimum Gasteiger partial charge on any atom is -0.405 e. The molecule has 0 unspecified atom stereocenters. The summed E-state index contributed by atoms with van der Waals surface area (Å²) in [7, 11) is -0.737. The molecule has 0 aliphatic carbocycles.